The largest absolute Gasteiger partial charge is 0.373 e. The Hall–Kier alpha value is -3.55. The van der Waals surface area contributed by atoms with Crippen LogP contribution in [0.4, 0.5) is 5.95 Å². The molecule has 36 heavy (non-hydrogen) atoms. The van der Waals surface area contributed by atoms with Crippen molar-refractivity contribution in [3.63, 3.8) is 0 Å². The highest BCUT2D eigenvalue weighted by Gasteiger charge is 2.25. The van der Waals surface area contributed by atoms with Gasteiger partial charge in [-0.05, 0) is 7.05 Å². The van der Waals surface area contributed by atoms with Crippen LogP contribution in [0.15, 0.2) is 31.0 Å². The number of rotatable bonds is 6. The molecule has 2 aliphatic rings. The number of hydrogen-bond donors (Lipinski definition) is 0. The molecule has 0 aliphatic carbocycles. The highest BCUT2D eigenvalue weighted by Crippen LogP contribution is 2.19. The number of aromatic nitrogens is 9. The first kappa shape index (κ1) is 22.9. The van der Waals surface area contributed by atoms with Crippen molar-refractivity contribution in [2.24, 2.45) is 7.05 Å². The Balaban J connectivity index is 1.11. The topological polar surface area (TPSA) is 119 Å². The standard InChI is InChI=1S/C23H30N12O/c1-31-3-5-33(6-4-31)13-17-9-25-23(26-10-17)34-7-8-36-19(15-34)16-35-22-21(29-30-35)24-12-20(28-22)18-11-27-32(2)14-18/h9-12,14,19H,3-8,13,15-16H2,1-2H3/t19-/m0/s1. The third-order valence-electron chi connectivity index (χ3n) is 6.72. The number of piperazine rings is 1. The average molecular weight is 491 g/mol. The molecule has 0 radical (unpaired) electrons. The number of ether oxygens (including phenoxy) is 1. The fourth-order valence-corrected chi connectivity index (χ4v) is 4.63. The second kappa shape index (κ2) is 9.84. The minimum absolute atomic E-state index is 0.0962. The van der Waals surface area contributed by atoms with Crippen LogP contribution < -0.4 is 4.90 Å². The molecular formula is C23H30N12O. The summed E-state index contributed by atoms with van der Waals surface area (Å²) in [7, 11) is 4.04. The molecule has 2 aliphatic heterocycles. The molecule has 6 heterocycles. The van der Waals surface area contributed by atoms with E-state index in [1.54, 1.807) is 21.8 Å². The summed E-state index contributed by atoms with van der Waals surface area (Å²) in [5, 5.41) is 12.7. The molecule has 0 aromatic carbocycles. The van der Waals surface area contributed by atoms with Gasteiger partial charge in [0.05, 0.1) is 37.3 Å². The van der Waals surface area contributed by atoms with Gasteiger partial charge in [0.1, 0.15) is 0 Å². The number of morpholine rings is 1. The van der Waals surface area contributed by atoms with Gasteiger partial charge in [0.25, 0.3) is 0 Å². The molecule has 0 bridgehead atoms. The molecule has 0 amide bonds. The third-order valence-corrected chi connectivity index (χ3v) is 6.72. The van der Waals surface area contributed by atoms with Crippen molar-refractivity contribution in [1.29, 1.82) is 0 Å². The van der Waals surface area contributed by atoms with E-state index in [0.717, 1.165) is 62.0 Å². The summed E-state index contributed by atoms with van der Waals surface area (Å²) in [6, 6.07) is 0. The molecular weight excluding hydrogens is 460 g/mol. The van der Waals surface area contributed by atoms with Crippen LogP contribution in [0.5, 0.6) is 0 Å². The lowest BCUT2D eigenvalue weighted by molar-refractivity contribution is 0.0272. The van der Waals surface area contributed by atoms with Crippen molar-refractivity contribution < 1.29 is 4.74 Å². The number of aryl methyl sites for hydroxylation is 1. The SMILES string of the molecule is CN1CCN(Cc2cnc(N3CCO[C@H](Cn4nnc5ncc(-c6cnn(C)c6)nc54)C3)nc2)CC1. The van der Waals surface area contributed by atoms with E-state index in [-0.39, 0.29) is 6.10 Å². The molecule has 4 aromatic rings. The van der Waals surface area contributed by atoms with Crippen LogP contribution >= 0.6 is 0 Å². The van der Waals surface area contributed by atoms with Crippen molar-refractivity contribution in [3.05, 3.63) is 36.5 Å². The molecule has 2 fully saturated rings. The third kappa shape index (κ3) is 4.90. The van der Waals surface area contributed by atoms with Gasteiger partial charge in [0.2, 0.25) is 11.6 Å². The summed E-state index contributed by atoms with van der Waals surface area (Å²) < 4.78 is 9.54. The molecule has 2 saturated heterocycles. The maximum absolute atomic E-state index is 6.05. The Bertz CT molecular complexity index is 1310. The predicted octanol–water partition coefficient (Wildman–Crippen LogP) is 0.0646. The molecule has 6 rings (SSSR count). The van der Waals surface area contributed by atoms with Gasteiger partial charge in [-0.15, -0.1) is 5.10 Å². The zero-order valence-corrected chi connectivity index (χ0v) is 20.6. The molecule has 0 spiro atoms. The smallest absolute Gasteiger partial charge is 0.225 e. The van der Waals surface area contributed by atoms with Crippen molar-refractivity contribution in [1.82, 2.24) is 54.5 Å². The first-order chi connectivity index (χ1) is 17.6. The molecule has 0 saturated carbocycles. The maximum atomic E-state index is 6.05. The van der Waals surface area contributed by atoms with Crippen LogP contribution in [0, 0.1) is 0 Å². The summed E-state index contributed by atoms with van der Waals surface area (Å²) in [5.74, 6) is 0.729. The van der Waals surface area contributed by atoms with Crippen LogP contribution in [-0.4, -0.2) is 114 Å². The van der Waals surface area contributed by atoms with Gasteiger partial charge < -0.3 is 14.5 Å². The van der Waals surface area contributed by atoms with Crippen LogP contribution in [0.25, 0.3) is 22.6 Å². The van der Waals surface area contributed by atoms with E-state index >= 15 is 0 Å². The molecule has 0 unspecified atom stereocenters. The van der Waals surface area contributed by atoms with Crippen molar-refractivity contribution in [2.45, 2.75) is 19.2 Å². The lowest BCUT2D eigenvalue weighted by Crippen LogP contribution is -2.45. The Morgan fingerprint density at radius 3 is 2.58 bits per heavy atom. The van der Waals surface area contributed by atoms with Gasteiger partial charge in [-0.25, -0.2) is 24.6 Å². The van der Waals surface area contributed by atoms with E-state index in [4.69, 9.17) is 9.72 Å². The molecule has 0 N–H and O–H groups in total. The van der Waals surface area contributed by atoms with Crippen molar-refractivity contribution in [3.8, 4) is 11.3 Å². The minimum Gasteiger partial charge on any atom is -0.373 e. The monoisotopic (exact) mass is 490 g/mol. The second-order valence-corrected chi connectivity index (χ2v) is 9.49. The van der Waals surface area contributed by atoms with Crippen molar-refractivity contribution in [2.75, 3.05) is 57.8 Å². The van der Waals surface area contributed by atoms with Crippen LogP contribution in [0.3, 0.4) is 0 Å². The van der Waals surface area contributed by atoms with Crippen LogP contribution in [0.2, 0.25) is 0 Å². The predicted molar refractivity (Wildman–Crippen MR) is 132 cm³/mol. The number of fused-ring (bicyclic) bond motifs is 1. The fraction of sp³-hybridized carbons (Fsp3) is 0.522. The number of hydrogen-bond acceptors (Lipinski definition) is 11. The van der Waals surface area contributed by atoms with Gasteiger partial charge in [-0.1, -0.05) is 5.21 Å². The molecule has 4 aromatic heterocycles. The molecule has 13 nitrogen and oxygen atoms in total. The van der Waals surface area contributed by atoms with E-state index in [0.29, 0.717) is 31.0 Å². The van der Waals surface area contributed by atoms with E-state index in [1.165, 1.54) is 0 Å². The van der Waals surface area contributed by atoms with Crippen LogP contribution in [0.1, 0.15) is 5.56 Å². The van der Waals surface area contributed by atoms with Crippen molar-refractivity contribution >= 4 is 17.2 Å². The number of likely N-dealkylation sites (N-methyl/N-ethyl adjacent to an activating group) is 1. The molecule has 188 valence electrons. The van der Waals surface area contributed by atoms with Gasteiger partial charge in [0.15, 0.2) is 5.65 Å². The highest BCUT2D eigenvalue weighted by molar-refractivity contribution is 5.69. The summed E-state index contributed by atoms with van der Waals surface area (Å²) in [6.45, 7) is 7.77. The van der Waals surface area contributed by atoms with Gasteiger partial charge in [-0.2, -0.15) is 5.10 Å². The van der Waals surface area contributed by atoms with E-state index in [9.17, 15) is 0 Å². The first-order valence-electron chi connectivity index (χ1n) is 12.2. The number of nitrogens with zero attached hydrogens (tertiary/aromatic N) is 12. The highest BCUT2D eigenvalue weighted by atomic mass is 16.5. The fourth-order valence-electron chi connectivity index (χ4n) is 4.63. The summed E-state index contributed by atoms with van der Waals surface area (Å²) in [5.41, 5.74) is 3.91. The number of anilines is 1. The Labute approximate surface area is 208 Å². The summed E-state index contributed by atoms with van der Waals surface area (Å²) >= 11 is 0. The zero-order chi connectivity index (χ0) is 24.5. The molecule has 13 heteroatoms. The quantitative estimate of drug-likeness (QED) is 0.365. The maximum Gasteiger partial charge on any atom is 0.225 e. The van der Waals surface area contributed by atoms with Gasteiger partial charge in [-0.3, -0.25) is 9.58 Å². The minimum atomic E-state index is -0.0962. The van der Waals surface area contributed by atoms with Crippen LogP contribution in [-0.2, 0) is 24.9 Å². The Morgan fingerprint density at radius 2 is 1.81 bits per heavy atom. The zero-order valence-electron chi connectivity index (χ0n) is 20.6. The Morgan fingerprint density at radius 1 is 0.972 bits per heavy atom. The molecule has 1 atom stereocenters. The van der Waals surface area contributed by atoms with E-state index < -0.39 is 0 Å². The first-order valence-corrected chi connectivity index (χ1v) is 12.2. The normalized spacial score (nSPS) is 19.8. The van der Waals surface area contributed by atoms with E-state index in [1.807, 2.05) is 25.6 Å². The second-order valence-electron chi connectivity index (χ2n) is 9.49. The summed E-state index contributed by atoms with van der Waals surface area (Å²) in [6.07, 6.45) is 9.17. The van der Waals surface area contributed by atoms with Gasteiger partial charge >= 0.3 is 0 Å². The summed E-state index contributed by atoms with van der Waals surface area (Å²) in [4.78, 5) is 25.5. The van der Waals surface area contributed by atoms with Gasteiger partial charge in [0, 0.05) is 82.6 Å². The van der Waals surface area contributed by atoms with E-state index in [2.05, 4.69) is 52.1 Å². The lowest BCUT2D eigenvalue weighted by Gasteiger charge is -2.33. The average Bonchev–Trinajstić information content (AvgIpc) is 3.52. The Kier molecular flexibility index (Phi) is 6.25. The lowest BCUT2D eigenvalue weighted by atomic mass is 10.2.